The molecule has 0 unspecified atom stereocenters. The molecule has 14 heavy (non-hydrogen) atoms. The largest absolute Gasteiger partial charge is 0.406 e. The Bertz CT molecular complexity index is 249. The number of amides is 1. The lowest BCUT2D eigenvalue weighted by atomic mass is 10.0. The molecule has 1 atom stereocenters. The first kappa shape index (κ1) is 11.3. The second kappa shape index (κ2) is 3.12. The summed E-state index contributed by atoms with van der Waals surface area (Å²) in [4.78, 5) is 12.1. The number of carbonyl (C=O) groups excluding carboxylic acids is 1. The van der Waals surface area contributed by atoms with Crippen molar-refractivity contribution in [1.82, 2.24) is 4.90 Å². The van der Waals surface area contributed by atoms with E-state index in [1.54, 1.807) is 13.8 Å². The van der Waals surface area contributed by atoms with E-state index < -0.39 is 30.2 Å². The van der Waals surface area contributed by atoms with Crippen LogP contribution in [0.5, 0.6) is 0 Å². The number of hydrogen-bond donors (Lipinski definition) is 1. The van der Waals surface area contributed by atoms with Gasteiger partial charge in [0, 0.05) is 5.54 Å². The third-order valence-electron chi connectivity index (χ3n) is 2.37. The predicted molar refractivity (Wildman–Crippen MR) is 44.4 cm³/mol. The summed E-state index contributed by atoms with van der Waals surface area (Å²) >= 11 is 0. The molecule has 0 spiro atoms. The Morgan fingerprint density at radius 2 is 2.07 bits per heavy atom. The van der Waals surface area contributed by atoms with Crippen molar-refractivity contribution in [2.75, 3.05) is 6.54 Å². The molecule has 0 bridgehead atoms. The third kappa shape index (κ3) is 2.17. The van der Waals surface area contributed by atoms with E-state index in [9.17, 15) is 18.0 Å². The van der Waals surface area contributed by atoms with Gasteiger partial charge in [-0.25, -0.2) is 0 Å². The van der Waals surface area contributed by atoms with Crippen molar-refractivity contribution >= 4 is 5.91 Å². The molecule has 0 saturated carbocycles. The number of hydrogen-bond acceptors (Lipinski definition) is 2. The van der Waals surface area contributed by atoms with Crippen LogP contribution in [0, 0.1) is 0 Å². The molecule has 1 rings (SSSR count). The van der Waals surface area contributed by atoms with Gasteiger partial charge in [-0.2, -0.15) is 13.2 Å². The summed E-state index contributed by atoms with van der Waals surface area (Å²) in [5.74, 6) is -0.618. The van der Waals surface area contributed by atoms with E-state index in [0.29, 0.717) is 0 Å². The summed E-state index contributed by atoms with van der Waals surface area (Å²) in [5, 5.41) is 0. The lowest BCUT2D eigenvalue weighted by Crippen LogP contribution is -2.46. The van der Waals surface area contributed by atoms with Crippen LogP contribution in [0.15, 0.2) is 0 Å². The smallest absolute Gasteiger partial charge is 0.327 e. The van der Waals surface area contributed by atoms with Gasteiger partial charge in [-0.3, -0.25) is 4.79 Å². The van der Waals surface area contributed by atoms with Gasteiger partial charge in [0.05, 0.1) is 6.04 Å². The first-order valence-electron chi connectivity index (χ1n) is 4.27. The Balaban J connectivity index is 2.81. The monoisotopic (exact) mass is 210 g/mol. The summed E-state index contributed by atoms with van der Waals surface area (Å²) < 4.78 is 36.3. The van der Waals surface area contributed by atoms with Crippen LogP contribution in [-0.4, -0.2) is 35.1 Å². The lowest BCUT2D eigenvalue weighted by Gasteiger charge is -2.31. The summed E-state index contributed by atoms with van der Waals surface area (Å²) in [6.07, 6.45) is -4.10. The molecule has 6 heteroatoms. The fourth-order valence-electron chi connectivity index (χ4n) is 1.71. The van der Waals surface area contributed by atoms with Crippen molar-refractivity contribution < 1.29 is 18.0 Å². The Hall–Kier alpha value is -0.780. The van der Waals surface area contributed by atoms with Crippen LogP contribution in [0.1, 0.15) is 20.3 Å². The number of nitrogens with two attached hydrogens (primary N) is 1. The standard InChI is InChI=1S/C8H13F3N2O/c1-7(2)3-5(12)6(14)13(7)4-8(9,10)11/h5H,3-4,12H2,1-2H3/t5-/m0/s1. The second-order valence-electron chi connectivity index (χ2n) is 4.16. The predicted octanol–water partition coefficient (Wildman–Crippen LogP) is 0.887. The summed E-state index contributed by atoms with van der Waals surface area (Å²) in [5.41, 5.74) is 4.60. The van der Waals surface area contributed by atoms with Crippen molar-refractivity contribution in [2.24, 2.45) is 5.73 Å². The zero-order valence-corrected chi connectivity index (χ0v) is 8.06. The Morgan fingerprint density at radius 1 is 1.57 bits per heavy atom. The number of likely N-dealkylation sites (tertiary alicyclic amines) is 1. The van der Waals surface area contributed by atoms with Crippen molar-refractivity contribution in [2.45, 2.75) is 38.0 Å². The van der Waals surface area contributed by atoms with Gasteiger partial charge < -0.3 is 10.6 Å². The first-order valence-corrected chi connectivity index (χ1v) is 4.27. The van der Waals surface area contributed by atoms with Crippen LogP contribution in [0.4, 0.5) is 13.2 Å². The fraction of sp³-hybridized carbons (Fsp3) is 0.875. The Morgan fingerprint density at radius 3 is 2.36 bits per heavy atom. The minimum atomic E-state index is -4.36. The van der Waals surface area contributed by atoms with Crippen LogP contribution in [-0.2, 0) is 4.79 Å². The lowest BCUT2D eigenvalue weighted by molar-refractivity contribution is -0.165. The van der Waals surface area contributed by atoms with E-state index in [2.05, 4.69) is 0 Å². The molecule has 0 aromatic heterocycles. The number of carbonyl (C=O) groups is 1. The zero-order valence-electron chi connectivity index (χ0n) is 8.06. The van der Waals surface area contributed by atoms with E-state index >= 15 is 0 Å². The first-order chi connectivity index (χ1) is 6.13. The minimum Gasteiger partial charge on any atom is -0.327 e. The molecule has 0 radical (unpaired) electrons. The topological polar surface area (TPSA) is 46.3 Å². The minimum absolute atomic E-state index is 0.266. The van der Waals surface area contributed by atoms with E-state index in [0.717, 1.165) is 4.90 Å². The van der Waals surface area contributed by atoms with Gasteiger partial charge in [0.25, 0.3) is 0 Å². The molecule has 0 aromatic carbocycles. The molecular formula is C8H13F3N2O. The molecule has 0 aliphatic carbocycles. The van der Waals surface area contributed by atoms with Gasteiger partial charge in [-0.05, 0) is 20.3 Å². The Labute approximate surface area is 80.0 Å². The van der Waals surface area contributed by atoms with Gasteiger partial charge >= 0.3 is 6.18 Å². The van der Waals surface area contributed by atoms with Gasteiger partial charge in [-0.15, -0.1) is 0 Å². The van der Waals surface area contributed by atoms with E-state index in [4.69, 9.17) is 5.73 Å². The maximum atomic E-state index is 12.1. The summed E-state index contributed by atoms with van der Waals surface area (Å²) in [7, 11) is 0. The highest BCUT2D eigenvalue weighted by atomic mass is 19.4. The molecule has 2 N–H and O–H groups in total. The summed E-state index contributed by atoms with van der Waals surface area (Å²) in [6, 6.07) is -0.799. The van der Waals surface area contributed by atoms with Crippen LogP contribution in [0.2, 0.25) is 0 Å². The van der Waals surface area contributed by atoms with Crippen LogP contribution in [0.3, 0.4) is 0 Å². The number of nitrogens with zero attached hydrogens (tertiary/aromatic N) is 1. The Kier molecular flexibility index (Phi) is 2.51. The van der Waals surface area contributed by atoms with Crippen molar-refractivity contribution in [1.29, 1.82) is 0 Å². The van der Waals surface area contributed by atoms with E-state index in [-0.39, 0.29) is 6.42 Å². The number of rotatable bonds is 1. The number of alkyl halides is 3. The van der Waals surface area contributed by atoms with Gasteiger partial charge in [0.1, 0.15) is 6.54 Å². The van der Waals surface area contributed by atoms with Gasteiger partial charge in [-0.1, -0.05) is 0 Å². The van der Waals surface area contributed by atoms with Crippen LogP contribution in [0.25, 0.3) is 0 Å². The third-order valence-corrected chi connectivity index (χ3v) is 2.37. The molecule has 1 aliphatic heterocycles. The molecule has 82 valence electrons. The van der Waals surface area contributed by atoms with Gasteiger partial charge in [0.2, 0.25) is 5.91 Å². The van der Waals surface area contributed by atoms with E-state index in [1.807, 2.05) is 0 Å². The van der Waals surface area contributed by atoms with Gasteiger partial charge in [0.15, 0.2) is 0 Å². The van der Waals surface area contributed by atoms with Crippen LogP contribution < -0.4 is 5.73 Å². The molecule has 0 aromatic rings. The molecule has 1 amide bonds. The maximum absolute atomic E-state index is 12.1. The van der Waals surface area contributed by atoms with E-state index in [1.165, 1.54) is 0 Å². The van der Waals surface area contributed by atoms with Crippen LogP contribution >= 0.6 is 0 Å². The fourth-order valence-corrected chi connectivity index (χ4v) is 1.71. The van der Waals surface area contributed by atoms with Crippen molar-refractivity contribution in [3.8, 4) is 0 Å². The average molecular weight is 210 g/mol. The molecule has 1 saturated heterocycles. The highest BCUT2D eigenvalue weighted by molar-refractivity contribution is 5.85. The van der Waals surface area contributed by atoms with Crippen molar-refractivity contribution in [3.63, 3.8) is 0 Å². The quantitative estimate of drug-likeness (QED) is 0.698. The highest BCUT2D eigenvalue weighted by Gasteiger charge is 2.47. The molecular weight excluding hydrogens is 197 g/mol. The average Bonchev–Trinajstić information content (AvgIpc) is 2.10. The SMILES string of the molecule is CC1(C)C[C@H](N)C(=O)N1CC(F)(F)F. The van der Waals surface area contributed by atoms with Crippen molar-refractivity contribution in [3.05, 3.63) is 0 Å². The zero-order chi connectivity index (χ0) is 11.1. The summed E-state index contributed by atoms with van der Waals surface area (Å²) in [6.45, 7) is 1.96. The second-order valence-corrected chi connectivity index (χ2v) is 4.16. The molecule has 1 fully saturated rings. The maximum Gasteiger partial charge on any atom is 0.406 e. The number of halogens is 3. The highest BCUT2D eigenvalue weighted by Crippen LogP contribution is 2.31. The molecule has 1 heterocycles. The normalized spacial score (nSPS) is 27.1. The molecule has 3 nitrogen and oxygen atoms in total. The molecule has 1 aliphatic rings.